The first-order valence-corrected chi connectivity index (χ1v) is 11.3. The van der Waals surface area contributed by atoms with Crippen molar-refractivity contribution in [2.24, 2.45) is 16.0 Å². The van der Waals surface area contributed by atoms with E-state index in [-0.39, 0.29) is 29.4 Å². The summed E-state index contributed by atoms with van der Waals surface area (Å²) in [6.45, 7) is 3.62. The van der Waals surface area contributed by atoms with E-state index < -0.39 is 10.9 Å². The van der Waals surface area contributed by atoms with Gasteiger partial charge in [-0.25, -0.2) is 0 Å². The van der Waals surface area contributed by atoms with Crippen LogP contribution < -0.4 is 10.6 Å². The Hall–Kier alpha value is -2.65. The normalized spacial score (nSPS) is 27.1. The molecule has 0 aromatic heterocycles. The van der Waals surface area contributed by atoms with Gasteiger partial charge in [-0.05, 0) is 55.2 Å². The zero-order valence-corrected chi connectivity index (χ0v) is 19.2. The Labute approximate surface area is 195 Å². The smallest absolute Gasteiger partial charge is 0.377 e. The maximum atomic E-state index is 14.0. The van der Waals surface area contributed by atoms with Crippen molar-refractivity contribution in [1.82, 2.24) is 10.6 Å². The fourth-order valence-electron chi connectivity index (χ4n) is 4.60. The number of carbonyl (C=O) groups is 1. The van der Waals surface area contributed by atoms with Crippen molar-refractivity contribution in [2.75, 3.05) is 6.54 Å². The van der Waals surface area contributed by atoms with E-state index in [9.17, 15) is 18.0 Å². The molecule has 1 saturated carbocycles. The third-order valence-electron chi connectivity index (χ3n) is 6.37. The highest BCUT2D eigenvalue weighted by Crippen LogP contribution is 2.46. The summed E-state index contributed by atoms with van der Waals surface area (Å²) in [7, 11) is 0. The highest BCUT2D eigenvalue weighted by atomic mass is 35.5. The van der Waals surface area contributed by atoms with Crippen LogP contribution in [0.5, 0.6) is 0 Å². The number of allylic oxidation sites excluding steroid dienone is 3. The SMILES string of the molecule is CC1=CC(C)=NC2=C(NC[C@H]3CC[C@H](NC(=O)c4ccccc4Cl)CC3)C=N[N+]12C(F)(F)F. The average Bonchev–Trinajstić information content (AvgIpc) is 3.13. The molecule has 0 radical (unpaired) electrons. The molecular weight excluding hydrogens is 455 g/mol. The molecule has 3 aliphatic rings. The summed E-state index contributed by atoms with van der Waals surface area (Å²) in [6, 6.07) is 6.97. The second-order valence-corrected chi connectivity index (χ2v) is 9.08. The summed E-state index contributed by atoms with van der Waals surface area (Å²) in [6.07, 6.45) is 1.31. The minimum absolute atomic E-state index is 0.0491. The van der Waals surface area contributed by atoms with Gasteiger partial charge in [-0.3, -0.25) is 4.79 Å². The standard InChI is InChI=1S/C23H25ClF3N5O/c1-14-11-15(2)32(23(25,26)27)21(30-14)20(13-29-32)28-12-16-7-9-17(10-8-16)31-22(33)18-5-3-4-6-19(18)24/h3-6,11,13,16-17,28H,7-10,12H2,1-2H3/p+1/t16-,17-,32?. The van der Waals surface area contributed by atoms with E-state index in [4.69, 9.17) is 11.6 Å². The van der Waals surface area contributed by atoms with Crippen LogP contribution in [0.3, 0.4) is 0 Å². The Morgan fingerprint density at radius 2 is 1.88 bits per heavy atom. The summed E-state index contributed by atoms with van der Waals surface area (Å²) in [5.74, 6) is -0.0501. The molecule has 33 heavy (non-hydrogen) atoms. The zero-order chi connectivity index (χ0) is 23.8. The highest BCUT2D eigenvalue weighted by molar-refractivity contribution is 6.33. The summed E-state index contributed by atoms with van der Waals surface area (Å²) in [4.78, 5) is 16.7. The number of hydrogen-bond acceptors (Lipinski definition) is 4. The van der Waals surface area contributed by atoms with Crippen molar-refractivity contribution >= 4 is 29.4 Å². The van der Waals surface area contributed by atoms with Crippen LogP contribution in [-0.4, -0.2) is 41.3 Å². The number of hydrogen-bond donors (Lipinski definition) is 2. The number of aliphatic imine (C=N–C) groups is 1. The van der Waals surface area contributed by atoms with Crippen LogP contribution in [0, 0.1) is 5.92 Å². The van der Waals surface area contributed by atoms with Crippen LogP contribution >= 0.6 is 11.6 Å². The van der Waals surface area contributed by atoms with E-state index in [1.165, 1.54) is 19.2 Å². The van der Waals surface area contributed by atoms with E-state index in [2.05, 4.69) is 20.7 Å². The van der Waals surface area contributed by atoms with Crippen molar-refractivity contribution in [2.45, 2.75) is 51.9 Å². The molecule has 1 aromatic carbocycles. The third kappa shape index (κ3) is 4.44. The Morgan fingerprint density at radius 1 is 1.18 bits per heavy atom. The number of fused-ring (bicyclic) bond motifs is 1. The maximum absolute atomic E-state index is 14.0. The number of rotatable bonds is 5. The van der Waals surface area contributed by atoms with Crippen LogP contribution in [0.4, 0.5) is 13.2 Å². The number of nitrogens with zero attached hydrogens (tertiary/aromatic N) is 3. The predicted octanol–water partition coefficient (Wildman–Crippen LogP) is 5.10. The Morgan fingerprint density at radius 3 is 2.55 bits per heavy atom. The van der Waals surface area contributed by atoms with Crippen molar-refractivity contribution in [3.8, 4) is 0 Å². The first-order valence-electron chi connectivity index (χ1n) is 10.9. The van der Waals surface area contributed by atoms with Crippen molar-refractivity contribution in [1.29, 1.82) is 0 Å². The Kier molecular flexibility index (Phi) is 6.37. The van der Waals surface area contributed by atoms with Crippen LogP contribution in [0.25, 0.3) is 0 Å². The van der Waals surface area contributed by atoms with Gasteiger partial charge in [-0.2, -0.15) is 4.99 Å². The second-order valence-electron chi connectivity index (χ2n) is 8.68. The molecule has 6 nitrogen and oxygen atoms in total. The van der Waals surface area contributed by atoms with Crippen LogP contribution in [0.2, 0.25) is 5.02 Å². The van der Waals surface area contributed by atoms with Crippen molar-refractivity contribution in [3.05, 3.63) is 58.1 Å². The van der Waals surface area contributed by atoms with Gasteiger partial charge in [0.1, 0.15) is 17.6 Å². The van der Waals surface area contributed by atoms with Gasteiger partial charge in [-0.1, -0.05) is 28.8 Å². The summed E-state index contributed by atoms with van der Waals surface area (Å²) >= 11 is 6.10. The molecule has 10 heteroatoms. The average molecular weight is 481 g/mol. The Bertz CT molecular complexity index is 1070. The first-order chi connectivity index (χ1) is 15.6. The van der Waals surface area contributed by atoms with Crippen LogP contribution in [-0.2, 0) is 0 Å². The van der Waals surface area contributed by atoms with Gasteiger partial charge in [0.25, 0.3) is 11.7 Å². The number of alkyl halides is 3. The molecule has 1 unspecified atom stereocenters. The van der Waals surface area contributed by atoms with Crippen molar-refractivity contribution in [3.63, 3.8) is 0 Å². The lowest BCUT2D eigenvalue weighted by Crippen LogP contribution is -2.51. The van der Waals surface area contributed by atoms with E-state index in [0.717, 1.165) is 25.7 Å². The van der Waals surface area contributed by atoms with E-state index in [0.29, 0.717) is 28.5 Å². The molecule has 1 atom stereocenters. The van der Waals surface area contributed by atoms with Gasteiger partial charge < -0.3 is 10.6 Å². The minimum atomic E-state index is -4.63. The Balaban J connectivity index is 1.36. The van der Waals surface area contributed by atoms with E-state index in [1.807, 2.05) is 0 Å². The summed E-state index contributed by atoms with van der Waals surface area (Å²) in [5.41, 5.74) is 1.33. The number of quaternary nitrogens is 1. The maximum Gasteiger partial charge on any atom is 0.598 e. The molecule has 1 fully saturated rings. The second kappa shape index (κ2) is 8.95. The first kappa shape index (κ1) is 23.5. The molecule has 0 saturated heterocycles. The number of carbonyl (C=O) groups excluding carboxylic acids is 1. The fourth-order valence-corrected chi connectivity index (χ4v) is 4.82. The molecule has 1 aliphatic carbocycles. The molecule has 0 bridgehead atoms. The number of nitrogens with one attached hydrogen (secondary N) is 2. The highest BCUT2D eigenvalue weighted by Gasteiger charge is 2.65. The quantitative estimate of drug-likeness (QED) is 0.455. The topological polar surface area (TPSA) is 65.8 Å². The van der Waals surface area contributed by atoms with Gasteiger partial charge in [-0.15, -0.1) is 13.2 Å². The largest absolute Gasteiger partial charge is 0.598 e. The zero-order valence-electron chi connectivity index (χ0n) is 18.4. The van der Waals surface area contributed by atoms with Gasteiger partial charge in [0.15, 0.2) is 0 Å². The molecule has 1 amide bonds. The molecule has 4 rings (SSSR count). The van der Waals surface area contributed by atoms with Gasteiger partial charge in [0.2, 0.25) is 0 Å². The lowest BCUT2D eigenvalue weighted by molar-refractivity contribution is -0.971. The molecule has 2 aliphatic heterocycles. The van der Waals surface area contributed by atoms with E-state index >= 15 is 0 Å². The lowest BCUT2D eigenvalue weighted by atomic mass is 9.86. The van der Waals surface area contributed by atoms with Gasteiger partial charge in [0, 0.05) is 31.3 Å². The predicted molar refractivity (Wildman–Crippen MR) is 121 cm³/mol. The molecule has 2 N–H and O–H groups in total. The van der Waals surface area contributed by atoms with Gasteiger partial charge in [0.05, 0.1) is 10.6 Å². The monoisotopic (exact) mass is 480 g/mol. The molecule has 1 aromatic rings. The van der Waals surface area contributed by atoms with Crippen LogP contribution in [0.1, 0.15) is 49.9 Å². The van der Waals surface area contributed by atoms with Gasteiger partial charge >= 0.3 is 6.30 Å². The number of benzene rings is 1. The third-order valence-corrected chi connectivity index (χ3v) is 6.70. The van der Waals surface area contributed by atoms with Crippen LogP contribution in [0.15, 0.2) is 57.7 Å². The van der Waals surface area contributed by atoms with E-state index in [1.54, 1.807) is 31.2 Å². The van der Waals surface area contributed by atoms with Crippen molar-refractivity contribution < 1.29 is 22.6 Å². The molecule has 0 spiro atoms. The molecule has 2 heterocycles. The summed E-state index contributed by atoms with van der Waals surface area (Å²) in [5, 5.41) is 10.4. The fraction of sp³-hybridized carbons (Fsp3) is 0.435. The minimum Gasteiger partial charge on any atom is -0.377 e. The number of halogens is 4. The number of amides is 1. The summed E-state index contributed by atoms with van der Waals surface area (Å²) < 4.78 is 40.3. The lowest BCUT2D eigenvalue weighted by Gasteiger charge is -2.32. The molecule has 176 valence electrons. The molecular formula is C23H26ClF3N5O+.